The molecule has 0 aliphatic carbocycles. The Hall–Kier alpha value is -0.810. The quantitative estimate of drug-likeness (QED) is 0.777. The number of carbonyl (C=O) groups is 1. The summed E-state index contributed by atoms with van der Waals surface area (Å²) in [4.78, 5) is 11.3. The van der Waals surface area contributed by atoms with Crippen LogP contribution in [0.5, 0.6) is 0 Å². The number of aliphatic hydroxyl groups is 1. The van der Waals surface area contributed by atoms with Crippen molar-refractivity contribution in [2.45, 2.75) is 19.6 Å². The molecule has 0 aliphatic rings. The van der Waals surface area contributed by atoms with Crippen LogP contribution in [0.2, 0.25) is 10.0 Å². The van der Waals surface area contributed by atoms with E-state index in [1.54, 1.807) is 6.92 Å². The fourth-order valence-electron chi connectivity index (χ4n) is 1.05. The minimum absolute atomic E-state index is 0.208. The third-order valence-electron chi connectivity index (χ3n) is 1.98. The summed E-state index contributed by atoms with van der Waals surface area (Å²) in [6.45, 7) is 1.35. The van der Waals surface area contributed by atoms with Gasteiger partial charge < -0.3 is 16.2 Å². The molecule has 4 N–H and O–H groups in total. The van der Waals surface area contributed by atoms with Crippen molar-refractivity contribution >= 4 is 34.8 Å². The lowest BCUT2D eigenvalue weighted by Crippen LogP contribution is -2.32. The molecule has 0 aromatic heterocycles. The predicted octanol–water partition coefficient (Wildman–Crippen LogP) is 1.77. The standard InChI is InChI=1S/C10H12Cl2N2O2/c1-5(13)10(16)14-9-3-7(11)6(4-15)2-8(9)12/h2-3,5,15H,4,13H2,1H3,(H,14,16)/t5-/m0/s1. The Kier molecular flexibility index (Phi) is 4.56. The number of carbonyl (C=O) groups excluding carboxylic acids is 1. The van der Waals surface area contributed by atoms with E-state index in [1.807, 2.05) is 0 Å². The maximum absolute atomic E-state index is 11.3. The van der Waals surface area contributed by atoms with Crippen molar-refractivity contribution in [3.05, 3.63) is 27.7 Å². The second-order valence-corrected chi connectivity index (χ2v) is 4.17. The SMILES string of the molecule is C[C@H](N)C(=O)Nc1cc(Cl)c(CO)cc1Cl. The van der Waals surface area contributed by atoms with Gasteiger partial charge in [0, 0.05) is 5.02 Å². The highest BCUT2D eigenvalue weighted by Gasteiger charge is 2.12. The van der Waals surface area contributed by atoms with Crippen LogP contribution in [-0.2, 0) is 11.4 Å². The number of nitrogens with two attached hydrogens (primary N) is 1. The van der Waals surface area contributed by atoms with E-state index in [0.717, 1.165) is 0 Å². The zero-order valence-electron chi connectivity index (χ0n) is 8.63. The van der Waals surface area contributed by atoms with Crippen LogP contribution in [-0.4, -0.2) is 17.1 Å². The molecule has 6 heteroatoms. The molecule has 0 saturated carbocycles. The molecule has 1 aromatic rings. The van der Waals surface area contributed by atoms with E-state index in [9.17, 15) is 4.79 Å². The van der Waals surface area contributed by atoms with Crippen molar-refractivity contribution in [1.29, 1.82) is 0 Å². The zero-order chi connectivity index (χ0) is 12.3. The lowest BCUT2D eigenvalue weighted by Gasteiger charge is -2.11. The Morgan fingerprint density at radius 2 is 2.12 bits per heavy atom. The summed E-state index contributed by atoms with van der Waals surface area (Å²) in [5.41, 5.74) is 6.29. The average Bonchev–Trinajstić information content (AvgIpc) is 2.22. The number of anilines is 1. The van der Waals surface area contributed by atoms with Crippen molar-refractivity contribution in [2.24, 2.45) is 5.73 Å². The van der Waals surface area contributed by atoms with Gasteiger partial charge in [-0.15, -0.1) is 0 Å². The van der Waals surface area contributed by atoms with Gasteiger partial charge in [0.15, 0.2) is 0 Å². The number of nitrogens with one attached hydrogen (secondary N) is 1. The van der Waals surface area contributed by atoms with Gasteiger partial charge >= 0.3 is 0 Å². The van der Waals surface area contributed by atoms with Crippen molar-refractivity contribution in [1.82, 2.24) is 0 Å². The predicted molar refractivity (Wildman–Crippen MR) is 64.7 cm³/mol. The molecule has 0 unspecified atom stereocenters. The summed E-state index contributed by atoms with van der Waals surface area (Å²) in [6, 6.07) is 2.35. The largest absolute Gasteiger partial charge is 0.392 e. The van der Waals surface area contributed by atoms with E-state index >= 15 is 0 Å². The van der Waals surface area contributed by atoms with E-state index in [4.69, 9.17) is 34.0 Å². The third-order valence-corrected chi connectivity index (χ3v) is 2.64. The summed E-state index contributed by atoms with van der Waals surface area (Å²) in [6.07, 6.45) is 0. The van der Waals surface area contributed by atoms with Crippen LogP contribution in [0.25, 0.3) is 0 Å². The first-order valence-electron chi connectivity index (χ1n) is 4.61. The van der Waals surface area contributed by atoms with Gasteiger partial charge in [-0.1, -0.05) is 23.2 Å². The van der Waals surface area contributed by atoms with Crippen molar-refractivity contribution in [3.63, 3.8) is 0 Å². The smallest absolute Gasteiger partial charge is 0.241 e. The number of halogens is 2. The molecule has 1 amide bonds. The van der Waals surface area contributed by atoms with Gasteiger partial charge in [-0.3, -0.25) is 4.79 Å². The highest BCUT2D eigenvalue weighted by Crippen LogP contribution is 2.29. The highest BCUT2D eigenvalue weighted by atomic mass is 35.5. The second-order valence-electron chi connectivity index (χ2n) is 3.36. The van der Waals surface area contributed by atoms with Gasteiger partial charge in [-0.25, -0.2) is 0 Å². The molecule has 4 nitrogen and oxygen atoms in total. The Balaban J connectivity index is 2.98. The number of hydrogen-bond donors (Lipinski definition) is 3. The van der Waals surface area contributed by atoms with Crippen LogP contribution in [0.3, 0.4) is 0 Å². The monoisotopic (exact) mass is 262 g/mol. The first kappa shape index (κ1) is 13.3. The van der Waals surface area contributed by atoms with Gasteiger partial charge in [0.05, 0.1) is 23.4 Å². The molecule has 16 heavy (non-hydrogen) atoms. The van der Waals surface area contributed by atoms with Crippen LogP contribution in [0, 0.1) is 0 Å². The van der Waals surface area contributed by atoms with Crippen LogP contribution >= 0.6 is 23.2 Å². The van der Waals surface area contributed by atoms with Gasteiger partial charge in [0.25, 0.3) is 0 Å². The highest BCUT2D eigenvalue weighted by molar-refractivity contribution is 6.36. The van der Waals surface area contributed by atoms with Crippen LogP contribution in [0.15, 0.2) is 12.1 Å². The van der Waals surface area contributed by atoms with E-state index < -0.39 is 6.04 Å². The van der Waals surface area contributed by atoms with E-state index in [1.165, 1.54) is 12.1 Å². The second kappa shape index (κ2) is 5.50. The Morgan fingerprint density at radius 3 is 2.62 bits per heavy atom. The van der Waals surface area contributed by atoms with Gasteiger partial charge in [0.1, 0.15) is 0 Å². The number of rotatable bonds is 3. The maximum atomic E-state index is 11.3. The number of amides is 1. The molecule has 0 heterocycles. The van der Waals surface area contributed by atoms with E-state index in [-0.39, 0.29) is 12.5 Å². The number of aliphatic hydroxyl groups excluding tert-OH is 1. The zero-order valence-corrected chi connectivity index (χ0v) is 10.1. The van der Waals surface area contributed by atoms with Crippen LogP contribution < -0.4 is 11.1 Å². The third kappa shape index (κ3) is 3.09. The molecular formula is C10H12Cl2N2O2. The molecule has 1 aromatic carbocycles. The molecular weight excluding hydrogens is 251 g/mol. The van der Waals surface area contributed by atoms with Crippen molar-refractivity contribution in [3.8, 4) is 0 Å². The van der Waals surface area contributed by atoms with Crippen molar-refractivity contribution < 1.29 is 9.90 Å². The topological polar surface area (TPSA) is 75.4 Å². The first-order chi connectivity index (χ1) is 7.45. The minimum atomic E-state index is -0.632. The lowest BCUT2D eigenvalue weighted by atomic mass is 10.2. The summed E-state index contributed by atoms with van der Waals surface area (Å²) in [7, 11) is 0. The van der Waals surface area contributed by atoms with Gasteiger partial charge in [0.2, 0.25) is 5.91 Å². The van der Waals surface area contributed by atoms with Gasteiger partial charge in [-0.05, 0) is 24.6 Å². The Morgan fingerprint density at radius 1 is 1.50 bits per heavy atom. The first-order valence-corrected chi connectivity index (χ1v) is 5.36. The molecule has 0 saturated heterocycles. The van der Waals surface area contributed by atoms with Crippen LogP contribution in [0.4, 0.5) is 5.69 Å². The molecule has 0 aliphatic heterocycles. The Bertz CT molecular complexity index is 408. The number of hydrogen-bond acceptors (Lipinski definition) is 3. The molecule has 88 valence electrons. The molecule has 0 bridgehead atoms. The lowest BCUT2D eigenvalue weighted by molar-refractivity contribution is -0.117. The summed E-state index contributed by atoms with van der Waals surface area (Å²) in [5, 5.41) is 12.1. The fraction of sp³-hybridized carbons (Fsp3) is 0.300. The summed E-state index contributed by atoms with van der Waals surface area (Å²) >= 11 is 11.8. The van der Waals surface area contributed by atoms with Crippen molar-refractivity contribution in [2.75, 3.05) is 5.32 Å². The summed E-state index contributed by atoms with van der Waals surface area (Å²) < 4.78 is 0. The molecule has 1 rings (SSSR count). The molecule has 0 fully saturated rings. The normalized spacial score (nSPS) is 12.3. The number of benzene rings is 1. The molecule has 0 spiro atoms. The van der Waals surface area contributed by atoms with E-state index in [2.05, 4.69) is 5.32 Å². The summed E-state index contributed by atoms with van der Waals surface area (Å²) in [5.74, 6) is -0.352. The molecule has 0 radical (unpaired) electrons. The van der Waals surface area contributed by atoms with E-state index in [0.29, 0.717) is 21.3 Å². The fourth-order valence-corrected chi connectivity index (χ4v) is 1.51. The minimum Gasteiger partial charge on any atom is -0.392 e. The molecule has 1 atom stereocenters. The van der Waals surface area contributed by atoms with Gasteiger partial charge in [-0.2, -0.15) is 0 Å². The maximum Gasteiger partial charge on any atom is 0.241 e. The Labute approximate surface area is 103 Å². The van der Waals surface area contributed by atoms with Crippen LogP contribution in [0.1, 0.15) is 12.5 Å². The average molecular weight is 263 g/mol.